The average molecular weight is 261 g/mol. The fraction of sp³-hybridized carbons (Fsp3) is 0.333. The van der Waals surface area contributed by atoms with E-state index >= 15 is 0 Å². The number of hydroxylamine groups is 1. The van der Waals surface area contributed by atoms with Crippen LogP contribution in [-0.2, 0) is 5.66 Å². The molecule has 1 aromatic carbocycles. The van der Waals surface area contributed by atoms with E-state index in [1.807, 2.05) is 5.48 Å². The summed E-state index contributed by atoms with van der Waals surface area (Å²) in [5.74, 6) is 0. The number of nitrogens with two attached hydrogens (primary N) is 1. The molecular formula is C9H13BrN2O2. The summed E-state index contributed by atoms with van der Waals surface area (Å²) in [5.41, 5.74) is 6.99. The molecule has 0 fully saturated rings. The summed E-state index contributed by atoms with van der Waals surface area (Å²) in [5, 5.41) is 18.4. The molecule has 0 saturated heterocycles. The first kappa shape index (κ1) is 11.6. The highest BCUT2D eigenvalue weighted by Crippen LogP contribution is 2.21. The Labute approximate surface area is 90.8 Å². The van der Waals surface area contributed by atoms with Crippen molar-refractivity contribution in [3.8, 4) is 0 Å². The van der Waals surface area contributed by atoms with Gasteiger partial charge in [0.25, 0.3) is 0 Å². The molecule has 0 aliphatic rings. The zero-order valence-corrected chi connectivity index (χ0v) is 9.32. The minimum atomic E-state index is -1.33. The summed E-state index contributed by atoms with van der Waals surface area (Å²) in [6.45, 7) is 1.51. The molecule has 0 heterocycles. The van der Waals surface area contributed by atoms with Crippen LogP contribution < -0.4 is 11.2 Å². The van der Waals surface area contributed by atoms with Crippen LogP contribution in [0.5, 0.6) is 0 Å². The molecule has 0 saturated carbocycles. The average Bonchev–Trinajstić information content (AvgIpc) is 2.17. The molecule has 5 heteroatoms. The van der Waals surface area contributed by atoms with Crippen molar-refractivity contribution in [1.82, 2.24) is 5.48 Å². The van der Waals surface area contributed by atoms with Crippen LogP contribution in [0, 0.1) is 0 Å². The van der Waals surface area contributed by atoms with E-state index in [9.17, 15) is 5.11 Å². The standard InChI is InChI=1S/C9H13BrN2O2/c1-6(13)9(11,12-14)7-2-4-8(10)5-3-7/h2-6,12-14H,11H2,1H3/t6-,9?/m0/s1. The Balaban J connectivity index is 3.06. The fourth-order valence-corrected chi connectivity index (χ4v) is 1.39. The van der Waals surface area contributed by atoms with Gasteiger partial charge < -0.3 is 16.0 Å². The number of hydrogen-bond donors (Lipinski definition) is 4. The quantitative estimate of drug-likeness (QED) is 0.482. The highest BCUT2D eigenvalue weighted by Gasteiger charge is 2.32. The summed E-state index contributed by atoms with van der Waals surface area (Å²) in [6.07, 6.45) is -0.909. The zero-order valence-electron chi connectivity index (χ0n) is 7.74. The number of benzene rings is 1. The maximum atomic E-state index is 9.43. The van der Waals surface area contributed by atoms with E-state index in [0.717, 1.165) is 4.47 Å². The molecule has 1 unspecified atom stereocenters. The van der Waals surface area contributed by atoms with Gasteiger partial charge in [-0.15, -0.1) is 0 Å². The van der Waals surface area contributed by atoms with Crippen molar-refractivity contribution in [2.75, 3.05) is 0 Å². The number of hydrogen-bond acceptors (Lipinski definition) is 4. The molecule has 0 aliphatic carbocycles. The Bertz CT molecular complexity index is 302. The molecule has 5 N–H and O–H groups in total. The predicted octanol–water partition coefficient (Wildman–Crippen LogP) is 0.920. The van der Waals surface area contributed by atoms with Gasteiger partial charge in [-0.2, -0.15) is 5.48 Å². The van der Waals surface area contributed by atoms with Crippen LogP contribution in [0.15, 0.2) is 28.7 Å². The summed E-state index contributed by atoms with van der Waals surface area (Å²) in [7, 11) is 0. The van der Waals surface area contributed by atoms with E-state index in [2.05, 4.69) is 15.9 Å². The van der Waals surface area contributed by atoms with Crippen molar-refractivity contribution in [3.63, 3.8) is 0 Å². The van der Waals surface area contributed by atoms with E-state index in [1.54, 1.807) is 24.3 Å². The van der Waals surface area contributed by atoms with Crippen LogP contribution >= 0.6 is 15.9 Å². The Morgan fingerprint density at radius 1 is 1.43 bits per heavy atom. The zero-order chi connectivity index (χ0) is 10.8. The van der Waals surface area contributed by atoms with E-state index in [0.29, 0.717) is 5.56 Å². The van der Waals surface area contributed by atoms with Crippen LogP contribution in [0.4, 0.5) is 0 Å². The molecule has 0 spiro atoms. The number of aliphatic hydroxyl groups is 1. The second kappa shape index (κ2) is 4.37. The van der Waals surface area contributed by atoms with E-state index in [4.69, 9.17) is 10.9 Å². The maximum absolute atomic E-state index is 9.43. The second-order valence-corrected chi connectivity index (χ2v) is 4.08. The molecule has 1 rings (SSSR count). The molecular weight excluding hydrogens is 248 g/mol. The Morgan fingerprint density at radius 2 is 1.93 bits per heavy atom. The molecule has 0 radical (unpaired) electrons. The SMILES string of the molecule is C[C@H](O)C(N)(NO)c1ccc(Br)cc1. The molecule has 4 nitrogen and oxygen atoms in total. The highest BCUT2D eigenvalue weighted by atomic mass is 79.9. The van der Waals surface area contributed by atoms with Crippen molar-refractivity contribution in [2.45, 2.75) is 18.7 Å². The van der Waals surface area contributed by atoms with Gasteiger partial charge in [0, 0.05) is 4.47 Å². The third-order valence-electron chi connectivity index (χ3n) is 2.17. The Hall–Kier alpha value is -0.460. The number of aliphatic hydroxyl groups excluding tert-OH is 1. The van der Waals surface area contributed by atoms with Gasteiger partial charge >= 0.3 is 0 Å². The van der Waals surface area contributed by atoms with Gasteiger partial charge in [-0.05, 0) is 24.6 Å². The first-order valence-electron chi connectivity index (χ1n) is 4.15. The lowest BCUT2D eigenvalue weighted by Crippen LogP contribution is -2.56. The van der Waals surface area contributed by atoms with Crippen LogP contribution in [0.25, 0.3) is 0 Å². The lowest BCUT2D eigenvalue weighted by Gasteiger charge is -2.31. The maximum Gasteiger partial charge on any atom is 0.141 e. The Morgan fingerprint density at radius 3 is 2.29 bits per heavy atom. The lowest BCUT2D eigenvalue weighted by molar-refractivity contribution is -0.0211. The van der Waals surface area contributed by atoms with E-state index in [-0.39, 0.29) is 0 Å². The molecule has 0 bridgehead atoms. The van der Waals surface area contributed by atoms with Crippen molar-refractivity contribution in [1.29, 1.82) is 0 Å². The monoisotopic (exact) mass is 260 g/mol. The van der Waals surface area contributed by atoms with Gasteiger partial charge in [-0.1, -0.05) is 28.1 Å². The molecule has 14 heavy (non-hydrogen) atoms. The fourth-order valence-electron chi connectivity index (χ4n) is 1.12. The minimum absolute atomic E-state index is 0.609. The molecule has 0 amide bonds. The summed E-state index contributed by atoms with van der Waals surface area (Å²) < 4.78 is 0.909. The third kappa shape index (κ3) is 2.13. The number of nitrogens with one attached hydrogen (secondary N) is 1. The van der Waals surface area contributed by atoms with Crippen LogP contribution in [0.3, 0.4) is 0 Å². The summed E-state index contributed by atoms with van der Waals surface area (Å²) in [6, 6.07) is 7.02. The number of rotatable bonds is 3. The van der Waals surface area contributed by atoms with Crippen molar-refractivity contribution >= 4 is 15.9 Å². The third-order valence-corrected chi connectivity index (χ3v) is 2.69. The normalized spacial score (nSPS) is 17.5. The van der Waals surface area contributed by atoms with E-state index in [1.165, 1.54) is 6.92 Å². The molecule has 0 aliphatic heterocycles. The molecule has 2 atom stereocenters. The van der Waals surface area contributed by atoms with Crippen LogP contribution in [0.1, 0.15) is 12.5 Å². The molecule has 0 aromatic heterocycles. The van der Waals surface area contributed by atoms with E-state index < -0.39 is 11.8 Å². The van der Waals surface area contributed by atoms with Gasteiger partial charge in [-0.3, -0.25) is 0 Å². The second-order valence-electron chi connectivity index (χ2n) is 3.16. The van der Waals surface area contributed by atoms with Crippen molar-refractivity contribution < 1.29 is 10.3 Å². The lowest BCUT2D eigenvalue weighted by atomic mass is 9.96. The first-order valence-corrected chi connectivity index (χ1v) is 4.94. The summed E-state index contributed by atoms with van der Waals surface area (Å²) >= 11 is 3.28. The van der Waals surface area contributed by atoms with Gasteiger partial charge in [0.2, 0.25) is 0 Å². The molecule has 78 valence electrons. The topological polar surface area (TPSA) is 78.5 Å². The van der Waals surface area contributed by atoms with Gasteiger partial charge in [0.1, 0.15) is 5.66 Å². The summed E-state index contributed by atoms with van der Waals surface area (Å²) in [4.78, 5) is 0. The number of halogens is 1. The van der Waals surface area contributed by atoms with Crippen LogP contribution in [0.2, 0.25) is 0 Å². The molecule has 1 aromatic rings. The van der Waals surface area contributed by atoms with Gasteiger partial charge in [0.05, 0.1) is 6.10 Å². The van der Waals surface area contributed by atoms with Crippen molar-refractivity contribution in [2.24, 2.45) is 5.73 Å². The van der Waals surface area contributed by atoms with Gasteiger partial charge in [0.15, 0.2) is 0 Å². The smallest absolute Gasteiger partial charge is 0.141 e. The Kier molecular flexibility index (Phi) is 3.63. The largest absolute Gasteiger partial charge is 0.390 e. The predicted molar refractivity (Wildman–Crippen MR) is 56.6 cm³/mol. The van der Waals surface area contributed by atoms with Gasteiger partial charge in [-0.25, -0.2) is 0 Å². The van der Waals surface area contributed by atoms with Crippen molar-refractivity contribution in [3.05, 3.63) is 34.3 Å². The first-order chi connectivity index (χ1) is 6.50. The minimum Gasteiger partial charge on any atom is -0.390 e. The highest BCUT2D eigenvalue weighted by molar-refractivity contribution is 9.10. The van der Waals surface area contributed by atoms with Crippen LogP contribution in [-0.4, -0.2) is 16.4 Å².